The third-order valence-electron chi connectivity index (χ3n) is 2.53. The highest BCUT2D eigenvalue weighted by Crippen LogP contribution is 2.18. The van der Waals surface area contributed by atoms with Crippen molar-refractivity contribution in [2.45, 2.75) is 18.9 Å². The van der Waals surface area contributed by atoms with Crippen LogP contribution in [0.1, 0.15) is 23.2 Å². The van der Waals surface area contributed by atoms with Gasteiger partial charge < -0.3 is 9.47 Å². The number of ether oxygens (including phenoxy) is 2. The molecule has 1 aromatic carbocycles. The summed E-state index contributed by atoms with van der Waals surface area (Å²) in [5, 5.41) is 0. The van der Waals surface area contributed by atoms with E-state index in [4.69, 9.17) is 4.74 Å². The van der Waals surface area contributed by atoms with Gasteiger partial charge in [0.15, 0.2) is 6.10 Å². The monoisotopic (exact) mass is 316 g/mol. The molecule has 4 nitrogen and oxygen atoms in total. The third kappa shape index (κ3) is 2.94. The molecular formula is C12H10BrFO4. The van der Waals surface area contributed by atoms with Crippen molar-refractivity contribution in [1.29, 1.82) is 0 Å². The molecule has 0 aromatic heterocycles. The lowest BCUT2D eigenvalue weighted by Crippen LogP contribution is -2.25. The third-order valence-corrected chi connectivity index (χ3v) is 3.03. The van der Waals surface area contributed by atoms with E-state index in [1.54, 1.807) is 0 Å². The van der Waals surface area contributed by atoms with E-state index in [2.05, 4.69) is 20.7 Å². The molecule has 0 bridgehead atoms. The van der Waals surface area contributed by atoms with Crippen molar-refractivity contribution in [3.63, 3.8) is 0 Å². The van der Waals surface area contributed by atoms with Gasteiger partial charge in [0.1, 0.15) is 5.82 Å². The van der Waals surface area contributed by atoms with E-state index in [1.807, 2.05) is 0 Å². The van der Waals surface area contributed by atoms with Crippen LogP contribution in [-0.2, 0) is 14.3 Å². The Balaban J connectivity index is 2.07. The van der Waals surface area contributed by atoms with Crippen LogP contribution in [0, 0.1) is 5.82 Å². The number of halogens is 2. The topological polar surface area (TPSA) is 52.6 Å². The van der Waals surface area contributed by atoms with Gasteiger partial charge in [0.2, 0.25) is 0 Å². The summed E-state index contributed by atoms with van der Waals surface area (Å²) in [7, 11) is 0. The lowest BCUT2D eigenvalue weighted by Gasteiger charge is -2.08. The first kappa shape index (κ1) is 13.2. The lowest BCUT2D eigenvalue weighted by molar-refractivity contribution is -0.148. The lowest BCUT2D eigenvalue weighted by atomic mass is 10.2. The van der Waals surface area contributed by atoms with Crippen LogP contribution in [0.5, 0.6) is 0 Å². The molecule has 1 fully saturated rings. The average molecular weight is 317 g/mol. The van der Waals surface area contributed by atoms with E-state index in [0.29, 0.717) is 17.5 Å². The summed E-state index contributed by atoms with van der Waals surface area (Å²) in [6.07, 6.45) is 0.552. The molecule has 0 radical (unpaired) electrons. The normalized spacial score (nSPS) is 18.7. The maximum atomic E-state index is 13.4. The summed E-state index contributed by atoms with van der Waals surface area (Å²) < 4.78 is 23.6. The van der Waals surface area contributed by atoms with Gasteiger partial charge in [0, 0.05) is 11.1 Å². The van der Waals surface area contributed by atoms with E-state index >= 15 is 0 Å². The predicted octanol–water partition coefficient (Wildman–Crippen LogP) is 2.45. The molecule has 0 spiro atoms. The molecule has 0 saturated carbocycles. The average Bonchev–Trinajstić information content (AvgIpc) is 2.85. The number of benzene rings is 1. The fourth-order valence-corrected chi connectivity index (χ4v) is 1.99. The van der Waals surface area contributed by atoms with Crippen molar-refractivity contribution in [1.82, 2.24) is 0 Å². The summed E-state index contributed by atoms with van der Waals surface area (Å²) in [6.45, 7) is 0.471. The fraction of sp³-hybridized carbons (Fsp3) is 0.333. The molecule has 0 aliphatic carbocycles. The Labute approximate surface area is 111 Å². The van der Waals surface area contributed by atoms with Crippen LogP contribution in [0.15, 0.2) is 22.7 Å². The van der Waals surface area contributed by atoms with Crippen LogP contribution < -0.4 is 0 Å². The maximum Gasteiger partial charge on any atom is 0.348 e. The van der Waals surface area contributed by atoms with Gasteiger partial charge >= 0.3 is 11.9 Å². The Morgan fingerprint density at radius 3 is 2.89 bits per heavy atom. The SMILES string of the molecule is O=C(OC(=O)C1CCCO1)c1cc(Br)ccc1F. The highest BCUT2D eigenvalue weighted by Gasteiger charge is 2.28. The van der Waals surface area contributed by atoms with Gasteiger partial charge in [-0.2, -0.15) is 0 Å². The molecule has 1 heterocycles. The van der Waals surface area contributed by atoms with Gasteiger partial charge in [-0.3, -0.25) is 0 Å². The number of carbonyl (C=O) groups excluding carboxylic acids is 2. The van der Waals surface area contributed by atoms with Crippen molar-refractivity contribution in [2.24, 2.45) is 0 Å². The van der Waals surface area contributed by atoms with Gasteiger partial charge in [-0.05, 0) is 31.0 Å². The number of carbonyl (C=O) groups is 2. The van der Waals surface area contributed by atoms with Crippen LogP contribution in [0.3, 0.4) is 0 Å². The summed E-state index contributed by atoms with van der Waals surface area (Å²) in [5.74, 6) is -2.51. The van der Waals surface area contributed by atoms with Crippen molar-refractivity contribution in [2.75, 3.05) is 6.61 Å². The van der Waals surface area contributed by atoms with Gasteiger partial charge in [-0.25, -0.2) is 14.0 Å². The summed E-state index contributed by atoms with van der Waals surface area (Å²) >= 11 is 3.11. The van der Waals surface area contributed by atoms with E-state index in [-0.39, 0.29) is 5.56 Å². The molecule has 18 heavy (non-hydrogen) atoms. The van der Waals surface area contributed by atoms with Gasteiger partial charge in [0.25, 0.3) is 0 Å². The van der Waals surface area contributed by atoms with E-state index in [0.717, 1.165) is 12.5 Å². The molecule has 96 valence electrons. The largest absolute Gasteiger partial charge is 0.387 e. The molecule has 1 aliphatic rings. The standard InChI is InChI=1S/C12H10BrFO4/c13-7-3-4-9(14)8(6-7)11(15)18-12(16)10-2-1-5-17-10/h3-4,6,10H,1-2,5H2. The summed E-state index contributed by atoms with van der Waals surface area (Å²) in [5.41, 5.74) is -0.282. The minimum Gasteiger partial charge on any atom is -0.387 e. The first-order chi connectivity index (χ1) is 8.58. The van der Waals surface area contributed by atoms with Crippen molar-refractivity contribution < 1.29 is 23.5 Å². The van der Waals surface area contributed by atoms with Crippen molar-refractivity contribution >= 4 is 27.9 Å². The van der Waals surface area contributed by atoms with Crippen LogP contribution in [0.25, 0.3) is 0 Å². The second-order valence-corrected chi connectivity index (χ2v) is 4.75. The van der Waals surface area contributed by atoms with Crippen molar-refractivity contribution in [3.05, 3.63) is 34.1 Å². The molecule has 1 aliphatic heterocycles. The maximum absolute atomic E-state index is 13.4. The first-order valence-corrected chi connectivity index (χ1v) is 6.20. The Bertz CT molecular complexity index is 483. The van der Waals surface area contributed by atoms with E-state index in [9.17, 15) is 14.0 Å². The van der Waals surface area contributed by atoms with Gasteiger partial charge in [-0.1, -0.05) is 15.9 Å². The second-order valence-electron chi connectivity index (χ2n) is 3.83. The molecule has 1 saturated heterocycles. The van der Waals surface area contributed by atoms with Crippen LogP contribution in [0.4, 0.5) is 4.39 Å². The molecular weight excluding hydrogens is 307 g/mol. The highest BCUT2D eigenvalue weighted by atomic mass is 79.9. The predicted molar refractivity (Wildman–Crippen MR) is 63.5 cm³/mol. The minimum atomic E-state index is -1.01. The van der Waals surface area contributed by atoms with Gasteiger partial charge in [0.05, 0.1) is 5.56 Å². The number of rotatable bonds is 2. The number of hydrogen-bond donors (Lipinski definition) is 0. The van der Waals surface area contributed by atoms with Crippen molar-refractivity contribution in [3.8, 4) is 0 Å². The Morgan fingerprint density at radius 1 is 1.44 bits per heavy atom. The first-order valence-electron chi connectivity index (χ1n) is 5.40. The molecule has 2 rings (SSSR count). The molecule has 1 atom stereocenters. The Kier molecular flexibility index (Phi) is 4.08. The number of esters is 2. The highest BCUT2D eigenvalue weighted by molar-refractivity contribution is 9.10. The number of hydrogen-bond acceptors (Lipinski definition) is 4. The minimum absolute atomic E-state index is 0.282. The Morgan fingerprint density at radius 2 is 2.22 bits per heavy atom. The molecule has 1 aromatic rings. The molecule has 0 N–H and O–H groups in total. The zero-order valence-electron chi connectivity index (χ0n) is 9.32. The zero-order valence-corrected chi connectivity index (χ0v) is 10.9. The smallest absolute Gasteiger partial charge is 0.348 e. The Hall–Kier alpha value is -1.27. The van der Waals surface area contributed by atoms with E-state index in [1.165, 1.54) is 12.1 Å². The fourth-order valence-electron chi connectivity index (χ4n) is 1.63. The van der Waals surface area contributed by atoms with Crippen LogP contribution >= 0.6 is 15.9 Å². The van der Waals surface area contributed by atoms with Crippen LogP contribution in [0.2, 0.25) is 0 Å². The molecule has 0 amide bonds. The van der Waals surface area contributed by atoms with Gasteiger partial charge in [-0.15, -0.1) is 0 Å². The second kappa shape index (κ2) is 5.58. The van der Waals surface area contributed by atoms with Crippen LogP contribution in [-0.4, -0.2) is 24.6 Å². The quantitative estimate of drug-likeness (QED) is 0.621. The molecule has 6 heteroatoms. The molecule has 1 unspecified atom stereocenters. The zero-order chi connectivity index (χ0) is 13.1. The summed E-state index contributed by atoms with van der Waals surface area (Å²) in [4.78, 5) is 23.1. The summed E-state index contributed by atoms with van der Waals surface area (Å²) in [6, 6.07) is 3.84. The van der Waals surface area contributed by atoms with E-state index < -0.39 is 23.9 Å².